The van der Waals surface area contributed by atoms with Crippen LogP contribution < -0.4 is 20.5 Å². The third-order valence-electron chi connectivity index (χ3n) is 4.39. The molecule has 0 radical (unpaired) electrons. The van der Waals surface area contributed by atoms with Crippen LogP contribution >= 0.6 is 0 Å². The van der Waals surface area contributed by atoms with Gasteiger partial charge in [-0.1, -0.05) is 24.3 Å². The molecule has 3 aromatic rings. The van der Waals surface area contributed by atoms with Gasteiger partial charge in [0, 0.05) is 19.2 Å². The Hall–Kier alpha value is -3.81. The first-order valence-electron chi connectivity index (χ1n) is 9.49. The Morgan fingerprint density at radius 2 is 1.90 bits per heavy atom. The molecule has 2 aromatic carbocycles. The molecule has 3 N–H and O–H groups in total. The summed E-state index contributed by atoms with van der Waals surface area (Å²) in [5, 5.41) is 7.23. The maximum Gasteiger partial charge on any atom is 0.255 e. The van der Waals surface area contributed by atoms with E-state index in [0.717, 1.165) is 16.8 Å². The average molecular weight is 408 g/mol. The monoisotopic (exact) mass is 408 g/mol. The van der Waals surface area contributed by atoms with Crippen LogP contribution in [0.4, 0.5) is 0 Å². The van der Waals surface area contributed by atoms with Crippen LogP contribution in [0.15, 0.2) is 60.9 Å². The summed E-state index contributed by atoms with van der Waals surface area (Å²) in [5.74, 6) is 0.260. The number of aryl methyl sites for hydroxylation is 1. The number of carbonyl (C=O) groups excluding carboxylic acids is 2. The summed E-state index contributed by atoms with van der Waals surface area (Å²) in [6.07, 6.45) is 4.66. The number of methoxy groups -OCH3 is 1. The lowest BCUT2D eigenvalue weighted by molar-refractivity contribution is -0.121. The third kappa shape index (κ3) is 5.84. The van der Waals surface area contributed by atoms with Gasteiger partial charge in [-0.15, -0.1) is 0 Å². The molecule has 30 heavy (non-hydrogen) atoms. The number of nitrogens with two attached hydrogens (primary N) is 1. The number of primary amides is 1. The van der Waals surface area contributed by atoms with Gasteiger partial charge in [-0.25, -0.2) is 4.68 Å². The highest BCUT2D eigenvalue weighted by Gasteiger charge is 2.09. The lowest BCUT2D eigenvalue weighted by Gasteiger charge is -2.11. The molecule has 0 saturated heterocycles. The Bertz CT molecular complexity index is 1000. The SMILES string of the molecule is COc1cc(CNC(=O)CCc2cnn(-c3ccccc3)c2)ccc1OCC(N)=O. The maximum atomic E-state index is 12.2. The van der Waals surface area contributed by atoms with Crippen LogP contribution in [0.3, 0.4) is 0 Å². The number of para-hydroxylation sites is 1. The number of hydrogen-bond acceptors (Lipinski definition) is 5. The van der Waals surface area contributed by atoms with Crippen molar-refractivity contribution in [3.63, 3.8) is 0 Å². The average Bonchev–Trinajstić information content (AvgIpc) is 3.24. The van der Waals surface area contributed by atoms with Crippen molar-refractivity contribution in [1.82, 2.24) is 15.1 Å². The van der Waals surface area contributed by atoms with E-state index in [0.29, 0.717) is 30.9 Å². The number of hydrogen-bond donors (Lipinski definition) is 2. The normalized spacial score (nSPS) is 10.4. The van der Waals surface area contributed by atoms with E-state index in [1.165, 1.54) is 7.11 Å². The van der Waals surface area contributed by atoms with Gasteiger partial charge in [0.25, 0.3) is 5.91 Å². The van der Waals surface area contributed by atoms with Crippen molar-refractivity contribution < 1.29 is 19.1 Å². The second-order valence-corrected chi connectivity index (χ2v) is 6.65. The molecule has 0 aliphatic carbocycles. The lowest BCUT2D eigenvalue weighted by atomic mass is 10.1. The van der Waals surface area contributed by atoms with Gasteiger partial charge in [0.2, 0.25) is 5.91 Å². The highest BCUT2D eigenvalue weighted by atomic mass is 16.5. The minimum absolute atomic E-state index is 0.0597. The molecule has 0 aliphatic rings. The first-order valence-corrected chi connectivity index (χ1v) is 9.49. The summed E-state index contributed by atoms with van der Waals surface area (Å²) in [4.78, 5) is 23.1. The largest absolute Gasteiger partial charge is 0.493 e. The molecule has 8 heteroatoms. The van der Waals surface area contributed by atoms with Crippen LogP contribution in [0.2, 0.25) is 0 Å². The van der Waals surface area contributed by atoms with Crippen LogP contribution in [0.5, 0.6) is 11.5 Å². The number of benzene rings is 2. The van der Waals surface area contributed by atoms with E-state index in [1.54, 1.807) is 29.1 Å². The Morgan fingerprint density at radius 1 is 1.10 bits per heavy atom. The molecule has 0 spiro atoms. The molecular formula is C22H24N4O4. The van der Waals surface area contributed by atoms with E-state index in [9.17, 15) is 9.59 Å². The number of aromatic nitrogens is 2. The van der Waals surface area contributed by atoms with Gasteiger partial charge in [0.05, 0.1) is 19.0 Å². The van der Waals surface area contributed by atoms with Gasteiger partial charge in [-0.2, -0.15) is 5.10 Å². The van der Waals surface area contributed by atoms with Gasteiger partial charge < -0.3 is 20.5 Å². The molecule has 0 unspecified atom stereocenters. The third-order valence-corrected chi connectivity index (χ3v) is 4.39. The van der Waals surface area contributed by atoms with Crippen molar-refractivity contribution in [2.45, 2.75) is 19.4 Å². The summed E-state index contributed by atoms with van der Waals surface area (Å²) >= 11 is 0. The van der Waals surface area contributed by atoms with E-state index in [1.807, 2.05) is 36.5 Å². The van der Waals surface area contributed by atoms with E-state index in [2.05, 4.69) is 10.4 Å². The second kappa shape index (κ2) is 10.1. The Morgan fingerprint density at radius 3 is 2.63 bits per heavy atom. The summed E-state index contributed by atoms with van der Waals surface area (Å²) in [5.41, 5.74) is 7.91. The predicted octanol–water partition coefficient (Wildman–Crippen LogP) is 1.99. The van der Waals surface area contributed by atoms with Gasteiger partial charge in [-0.05, 0) is 41.8 Å². The molecule has 1 aromatic heterocycles. The molecule has 156 valence electrons. The van der Waals surface area contributed by atoms with E-state index in [4.69, 9.17) is 15.2 Å². The van der Waals surface area contributed by atoms with Crippen LogP contribution in [-0.2, 0) is 22.6 Å². The first kappa shape index (κ1) is 20.9. The zero-order valence-corrected chi connectivity index (χ0v) is 16.7. The molecular weight excluding hydrogens is 384 g/mol. The standard InChI is InChI=1S/C22H24N4O4/c1-29-20-11-16(7-9-19(20)30-15-21(23)27)12-24-22(28)10-8-17-13-25-26(14-17)18-5-3-2-4-6-18/h2-7,9,11,13-14H,8,10,12,15H2,1H3,(H2,23,27)(H,24,28). The van der Waals surface area contributed by atoms with Crippen molar-refractivity contribution in [2.75, 3.05) is 13.7 Å². The lowest BCUT2D eigenvalue weighted by Crippen LogP contribution is -2.23. The number of nitrogens with one attached hydrogen (secondary N) is 1. The van der Waals surface area contributed by atoms with Gasteiger partial charge >= 0.3 is 0 Å². The minimum Gasteiger partial charge on any atom is -0.493 e. The fourth-order valence-corrected chi connectivity index (χ4v) is 2.85. The molecule has 0 atom stereocenters. The van der Waals surface area contributed by atoms with Crippen molar-refractivity contribution in [1.29, 1.82) is 0 Å². The van der Waals surface area contributed by atoms with Crippen LogP contribution in [0, 0.1) is 0 Å². The molecule has 3 rings (SSSR count). The molecule has 0 aliphatic heterocycles. The molecule has 2 amide bonds. The Labute approximate surface area is 174 Å². The predicted molar refractivity (Wildman–Crippen MR) is 111 cm³/mol. The number of rotatable bonds is 10. The number of amides is 2. The molecule has 1 heterocycles. The topological polar surface area (TPSA) is 108 Å². The van der Waals surface area contributed by atoms with Gasteiger partial charge in [-0.3, -0.25) is 9.59 Å². The fraction of sp³-hybridized carbons (Fsp3) is 0.227. The van der Waals surface area contributed by atoms with E-state index < -0.39 is 5.91 Å². The highest BCUT2D eigenvalue weighted by molar-refractivity contribution is 5.76. The quantitative estimate of drug-likeness (QED) is 0.533. The zero-order valence-electron chi connectivity index (χ0n) is 16.7. The minimum atomic E-state index is -0.567. The van der Waals surface area contributed by atoms with Crippen molar-refractivity contribution >= 4 is 11.8 Å². The first-order chi connectivity index (χ1) is 14.5. The van der Waals surface area contributed by atoms with Crippen molar-refractivity contribution in [3.05, 3.63) is 72.1 Å². The molecule has 8 nitrogen and oxygen atoms in total. The van der Waals surface area contributed by atoms with Crippen molar-refractivity contribution in [3.8, 4) is 17.2 Å². The fourth-order valence-electron chi connectivity index (χ4n) is 2.85. The Balaban J connectivity index is 1.49. The van der Waals surface area contributed by atoms with Crippen LogP contribution in [0.1, 0.15) is 17.5 Å². The van der Waals surface area contributed by atoms with Crippen LogP contribution in [-0.4, -0.2) is 35.3 Å². The van der Waals surface area contributed by atoms with E-state index in [-0.39, 0.29) is 12.5 Å². The van der Waals surface area contributed by atoms with Gasteiger partial charge in [0.1, 0.15) is 0 Å². The van der Waals surface area contributed by atoms with Gasteiger partial charge in [0.15, 0.2) is 18.1 Å². The van der Waals surface area contributed by atoms with Crippen LogP contribution in [0.25, 0.3) is 5.69 Å². The Kier molecular flexibility index (Phi) is 7.05. The highest BCUT2D eigenvalue weighted by Crippen LogP contribution is 2.28. The molecule has 0 bridgehead atoms. The summed E-state index contributed by atoms with van der Waals surface area (Å²) < 4.78 is 12.4. The summed E-state index contributed by atoms with van der Waals surface area (Å²) in [6, 6.07) is 15.0. The second-order valence-electron chi connectivity index (χ2n) is 6.65. The number of nitrogens with zero attached hydrogens (tertiary/aromatic N) is 2. The molecule has 0 saturated carbocycles. The van der Waals surface area contributed by atoms with E-state index >= 15 is 0 Å². The number of carbonyl (C=O) groups is 2. The summed E-state index contributed by atoms with van der Waals surface area (Å²) in [6.45, 7) is 0.127. The zero-order chi connectivity index (χ0) is 21.3. The summed E-state index contributed by atoms with van der Waals surface area (Å²) in [7, 11) is 1.50. The molecule has 0 fully saturated rings. The van der Waals surface area contributed by atoms with Crippen molar-refractivity contribution in [2.24, 2.45) is 5.73 Å². The maximum absolute atomic E-state index is 12.2. The smallest absolute Gasteiger partial charge is 0.255 e. The number of ether oxygens (including phenoxy) is 2.